The van der Waals surface area contributed by atoms with Gasteiger partial charge in [0.05, 0.1) is 12.7 Å². The average Bonchev–Trinajstić information content (AvgIpc) is 2.87. The van der Waals surface area contributed by atoms with Gasteiger partial charge in [0.25, 0.3) is 0 Å². The molecule has 0 unspecified atom stereocenters. The number of aromatic nitrogens is 3. The van der Waals surface area contributed by atoms with Crippen LogP contribution in [0.25, 0.3) is 0 Å². The Labute approximate surface area is 143 Å². The third kappa shape index (κ3) is 5.39. The summed E-state index contributed by atoms with van der Waals surface area (Å²) >= 11 is 0. The molecule has 2 rings (SSSR count). The SMILES string of the molecule is Cc1ccc(OC=CCC(F)(F)F)nc1Oc1cc(C(F)(F)F)nn1C. The van der Waals surface area contributed by atoms with Crippen molar-refractivity contribution >= 4 is 0 Å². The summed E-state index contributed by atoms with van der Waals surface area (Å²) in [6, 6.07) is 3.58. The van der Waals surface area contributed by atoms with E-state index in [2.05, 4.69) is 10.1 Å². The van der Waals surface area contributed by atoms with Crippen LogP contribution in [0.1, 0.15) is 17.7 Å². The van der Waals surface area contributed by atoms with Crippen LogP contribution in [-0.2, 0) is 13.2 Å². The molecule has 0 spiro atoms. The molecule has 0 bridgehead atoms. The first kappa shape index (κ1) is 19.6. The van der Waals surface area contributed by atoms with E-state index in [1.165, 1.54) is 19.2 Å². The van der Waals surface area contributed by atoms with Crippen LogP contribution < -0.4 is 9.47 Å². The van der Waals surface area contributed by atoms with Crippen molar-refractivity contribution in [2.75, 3.05) is 0 Å². The molecular weight excluding hydrogens is 368 g/mol. The Morgan fingerprint density at radius 1 is 1.15 bits per heavy atom. The van der Waals surface area contributed by atoms with E-state index < -0.39 is 24.5 Å². The summed E-state index contributed by atoms with van der Waals surface area (Å²) in [5.41, 5.74) is -0.651. The quantitative estimate of drug-likeness (QED) is 0.553. The fourth-order valence-electron chi connectivity index (χ4n) is 1.74. The second-order valence-corrected chi connectivity index (χ2v) is 5.17. The minimum atomic E-state index is -4.63. The molecule has 5 nitrogen and oxygen atoms in total. The molecule has 0 aromatic carbocycles. The van der Waals surface area contributed by atoms with Crippen molar-refractivity contribution in [2.24, 2.45) is 7.05 Å². The molecule has 0 aliphatic rings. The third-order valence-corrected chi connectivity index (χ3v) is 2.99. The first-order chi connectivity index (χ1) is 12.0. The largest absolute Gasteiger partial charge is 0.447 e. The second-order valence-electron chi connectivity index (χ2n) is 5.17. The smallest absolute Gasteiger partial charge is 0.435 e. The van der Waals surface area contributed by atoms with Gasteiger partial charge in [-0.25, -0.2) is 4.68 Å². The molecule has 0 atom stereocenters. The van der Waals surface area contributed by atoms with Crippen LogP contribution in [0.4, 0.5) is 26.3 Å². The molecule has 0 fully saturated rings. The number of allylic oxidation sites excluding steroid dienone is 1. The van der Waals surface area contributed by atoms with Crippen LogP contribution >= 0.6 is 0 Å². The van der Waals surface area contributed by atoms with Gasteiger partial charge in [-0.15, -0.1) is 0 Å². The van der Waals surface area contributed by atoms with Crippen molar-refractivity contribution < 1.29 is 35.8 Å². The molecule has 0 saturated heterocycles. The highest BCUT2D eigenvalue weighted by Crippen LogP contribution is 2.32. The zero-order valence-electron chi connectivity index (χ0n) is 13.5. The van der Waals surface area contributed by atoms with Crippen molar-refractivity contribution in [1.29, 1.82) is 0 Å². The minimum Gasteiger partial charge on any atom is -0.447 e. The van der Waals surface area contributed by atoms with Gasteiger partial charge in [0, 0.05) is 24.7 Å². The Bertz CT molecular complexity index is 796. The number of pyridine rings is 1. The van der Waals surface area contributed by atoms with Gasteiger partial charge in [0.1, 0.15) is 0 Å². The highest BCUT2D eigenvalue weighted by molar-refractivity contribution is 5.33. The molecule has 0 saturated carbocycles. The number of rotatable bonds is 5. The number of ether oxygens (including phenoxy) is 2. The van der Waals surface area contributed by atoms with Crippen molar-refractivity contribution in [3.63, 3.8) is 0 Å². The number of aryl methyl sites for hydroxylation is 2. The molecule has 2 aromatic heterocycles. The number of halogens is 6. The fourth-order valence-corrected chi connectivity index (χ4v) is 1.74. The summed E-state index contributed by atoms with van der Waals surface area (Å²) in [6.07, 6.45) is -8.57. The summed E-state index contributed by atoms with van der Waals surface area (Å²) < 4.78 is 85.3. The minimum absolute atomic E-state index is 0.0663. The average molecular weight is 381 g/mol. The molecule has 26 heavy (non-hydrogen) atoms. The van der Waals surface area contributed by atoms with E-state index in [1.807, 2.05) is 0 Å². The van der Waals surface area contributed by atoms with Crippen LogP contribution in [0.3, 0.4) is 0 Å². The first-order valence-corrected chi connectivity index (χ1v) is 7.11. The lowest BCUT2D eigenvalue weighted by Crippen LogP contribution is -2.06. The molecule has 0 radical (unpaired) electrons. The molecule has 0 aliphatic heterocycles. The van der Waals surface area contributed by atoms with Gasteiger partial charge in [-0.05, 0) is 19.1 Å². The summed E-state index contributed by atoms with van der Waals surface area (Å²) in [4.78, 5) is 3.91. The monoisotopic (exact) mass is 381 g/mol. The molecule has 11 heteroatoms. The highest BCUT2D eigenvalue weighted by Gasteiger charge is 2.35. The van der Waals surface area contributed by atoms with Crippen molar-refractivity contribution in [1.82, 2.24) is 14.8 Å². The van der Waals surface area contributed by atoms with Gasteiger partial charge in [-0.2, -0.15) is 36.4 Å². The maximum Gasteiger partial charge on any atom is 0.435 e. The van der Waals surface area contributed by atoms with Crippen molar-refractivity contribution in [2.45, 2.75) is 25.7 Å². The Kier molecular flexibility index (Phi) is 5.47. The predicted molar refractivity (Wildman–Crippen MR) is 77.7 cm³/mol. The highest BCUT2D eigenvalue weighted by atomic mass is 19.4. The topological polar surface area (TPSA) is 49.2 Å². The molecule has 2 aromatic rings. The molecule has 0 amide bonds. The van der Waals surface area contributed by atoms with Crippen LogP contribution in [-0.4, -0.2) is 20.9 Å². The van der Waals surface area contributed by atoms with Crippen LogP contribution in [0, 0.1) is 6.92 Å². The summed E-state index contributed by atoms with van der Waals surface area (Å²) in [6.45, 7) is 1.59. The van der Waals surface area contributed by atoms with E-state index in [9.17, 15) is 26.3 Å². The molecular formula is C15H13F6N3O2. The van der Waals surface area contributed by atoms with E-state index in [0.717, 1.165) is 17.0 Å². The van der Waals surface area contributed by atoms with E-state index in [4.69, 9.17) is 9.47 Å². The van der Waals surface area contributed by atoms with Crippen molar-refractivity contribution in [3.05, 3.63) is 41.8 Å². The lowest BCUT2D eigenvalue weighted by molar-refractivity contribution is -0.141. The summed E-state index contributed by atoms with van der Waals surface area (Å²) in [7, 11) is 1.26. The standard InChI is InChI=1S/C15H13F6N3O2/c1-9-4-5-11(25-7-3-6-14(16,17)18)22-13(9)26-12-8-10(15(19,20)21)23-24(12)2/h3-5,7-8H,6H2,1-2H3. The fraction of sp³-hybridized carbons (Fsp3) is 0.333. The van der Waals surface area contributed by atoms with Gasteiger partial charge < -0.3 is 9.47 Å². The predicted octanol–water partition coefficient (Wildman–Crippen LogP) is 4.78. The maximum atomic E-state index is 12.7. The summed E-state index contributed by atoms with van der Waals surface area (Å²) in [5, 5.41) is 3.30. The maximum absolute atomic E-state index is 12.7. The van der Waals surface area contributed by atoms with Gasteiger partial charge in [0.2, 0.25) is 17.6 Å². The molecule has 142 valence electrons. The van der Waals surface area contributed by atoms with E-state index >= 15 is 0 Å². The van der Waals surface area contributed by atoms with Gasteiger partial charge in [-0.3, -0.25) is 0 Å². The Morgan fingerprint density at radius 2 is 1.85 bits per heavy atom. The zero-order valence-corrected chi connectivity index (χ0v) is 13.5. The van der Waals surface area contributed by atoms with E-state index in [-0.39, 0.29) is 17.6 Å². The Balaban J connectivity index is 2.14. The first-order valence-electron chi connectivity index (χ1n) is 7.11. The summed E-state index contributed by atoms with van der Waals surface area (Å²) in [5.74, 6) is -0.358. The lowest BCUT2D eigenvalue weighted by atomic mass is 10.3. The van der Waals surface area contributed by atoms with Gasteiger partial charge in [-0.1, -0.05) is 0 Å². The normalized spacial score (nSPS) is 12.6. The number of alkyl halides is 6. The molecule has 0 aliphatic carbocycles. The number of nitrogens with zero attached hydrogens (tertiary/aromatic N) is 3. The van der Waals surface area contributed by atoms with E-state index in [1.54, 1.807) is 6.92 Å². The van der Waals surface area contributed by atoms with E-state index in [0.29, 0.717) is 11.6 Å². The molecule has 0 N–H and O–H groups in total. The Morgan fingerprint density at radius 3 is 2.42 bits per heavy atom. The number of hydrogen-bond donors (Lipinski definition) is 0. The molecule has 2 heterocycles. The van der Waals surface area contributed by atoms with Gasteiger partial charge in [0.15, 0.2) is 5.69 Å². The van der Waals surface area contributed by atoms with Crippen LogP contribution in [0.5, 0.6) is 17.6 Å². The number of hydrogen-bond acceptors (Lipinski definition) is 4. The Hall–Kier alpha value is -2.72. The third-order valence-electron chi connectivity index (χ3n) is 2.99. The van der Waals surface area contributed by atoms with Crippen LogP contribution in [0.15, 0.2) is 30.5 Å². The lowest BCUT2D eigenvalue weighted by Gasteiger charge is -2.08. The zero-order chi connectivity index (χ0) is 19.5. The second kappa shape index (κ2) is 7.26. The van der Waals surface area contributed by atoms with Crippen LogP contribution in [0.2, 0.25) is 0 Å². The van der Waals surface area contributed by atoms with Crippen molar-refractivity contribution in [3.8, 4) is 17.6 Å². The van der Waals surface area contributed by atoms with Gasteiger partial charge >= 0.3 is 12.4 Å².